The van der Waals surface area contributed by atoms with Crippen molar-refractivity contribution in [3.8, 4) is 62.1 Å². The number of thiophene rings is 1. The Morgan fingerprint density at radius 3 is 1.70 bits per heavy atom. The van der Waals surface area contributed by atoms with Gasteiger partial charge in [-0.15, -0.1) is 11.3 Å². The summed E-state index contributed by atoms with van der Waals surface area (Å²) in [6, 6.07) is 43.7. The molecule has 11 aromatic rings. The van der Waals surface area contributed by atoms with Crippen LogP contribution in [0.4, 0.5) is 0 Å². The molecule has 0 aliphatic carbocycles. The molecule has 4 nitrogen and oxygen atoms in total. The van der Waals surface area contributed by atoms with E-state index in [0.717, 1.165) is 48.0 Å². The van der Waals surface area contributed by atoms with Crippen molar-refractivity contribution in [2.75, 3.05) is 0 Å². The zero-order chi connectivity index (χ0) is 44.0. The first kappa shape index (κ1) is 25.0. The molecule has 8 aromatic carbocycles. The molecule has 0 aliphatic rings. The maximum Gasteiger partial charge on any atom is 0.166 e. The summed E-state index contributed by atoms with van der Waals surface area (Å²) in [6.45, 7) is 0. The second-order valence-electron chi connectivity index (χ2n) is 13.4. The van der Waals surface area contributed by atoms with Gasteiger partial charge in [-0.3, -0.25) is 0 Å². The number of rotatable bonds is 6. The Morgan fingerprint density at radius 1 is 0.393 bits per heavy atom. The summed E-state index contributed by atoms with van der Waals surface area (Å²) in [5.41, 5.74) is 5.42. The predicted molar refractivity (Wildman–Crippen MR) is 234 cm³/mol. The smallest absolute Gasteiger partial charge is 0.166 e. The minimum atomic E-state index is -0.517. The van der Waals surface area contributed by atoms with Crippen molar-refractivity contribution >= 4 is 53.3 Å². The monoisotopic (exact) mass is 740 g/mol. The Kier molecular flexibility index (Phi) is 5.92. The van der Waals surface area contributed by atoms with Gasteiger partial charge >= 0.3 is 0 Å². The van der Waals surface area contributed by atoms with E-state index in [-0.39, 0.29) is 27.6 Å². The number of hydrogen-bond donors (Lipinski definition) is 0. The second-order valence-corrected chi connectivity index (χ2v) is 14.5. The Bertz CT molecular complexity index is 3640. The largest absolute Gasteiger partial charge is 0.308 e. The molecule has 0 amide bonds. The highest BCUT2D eigenvalue weighted by Crippen LogP contribution is 2.44. The molecule has 5 heteroatoms. The van der Waals surface area contributed by atoms with Gasteiger partial charge in [-0.1, -0.05) is 164 Å². The molecule has 0 N–H and O–H groups in total. The molecule has 3 aromatic heterocycles. The fourth-order valence-electron chi connectivity index (χ4n) is 7.62. The Labute approximate surface area is 338 Å². The first-order valence-corrected chi connectivity index (χ1v) is 18.9. The highest BCUT2D eigenvalue weighted by atomic mass is 32.1. The van der Waals surface area contributed by atoms with Crippen molar-refractivity contribution in [1.29, 1.82) is 0 Å². The molecule has 0 bridgehead atoms. The van der Waals surface area contributed by atoms with E-state index in [4.69, 9.17) is 20.4 Å². The first-order valence-electron chi connectivity index (χ1n) is 22.1. The van der Waals surface area contributed by atoms with Crippen LogP contribution in [-0.2, 0) is 0 Å². The van der Waals surface area contributed by atoms with Crippen molar-refractivity contribution in [3.05, 3.63) is 194 Å². The Hall–Kier alpha value is -7.21. The standard InChI is InChI=1S/C51H32N4S/c1-3-16-33(17-4-1)36-20-7-8-21-37(36)42-25-15-26-43(48(42)55-44-27-12-9-22-38(44)39-23-10-13-28-45(39)55)51-53-49(34-18-5-2-6-19-34)52-50(54-51)35-30-31-41-40-24-11-14-29-46(40)56-47(41)32-35/h1-32H/i9D,10D,12D,13D,22D,23D,27D,28D. The summed E-state index contributed by atoms with van der Waals surface area (Å²) in [5, 5.41) is 2.23. The third kappa shape index (κ3) is 5.32. The van der Waals surface area contributed by atoms with E-state index in [0.29, 0.717) is 28.5 Å². The minimum Gasteiger partial charge on any atom is -0.308 e. The lowest BCUT2D eigenvalue weighted by Gasteiger charge is -2.20. The number of nitrogens with zero attached hydrogens (tertiary/aromatic N) is 4. The van der Waals surface area contributed by atoms with Crippen LogP contribution in [0.25, 0.3) is 104 Å². The third-order valence-electron chi connectivity index (χ3n) is 10.1. The molecule has 0 fully saturated rings. The Balaban J connectivity index is 1.31. The molecule has 0 aliphatic heterocycles. The lowest BCUT2D eigenvalue weighted by Crippen LogP contribution is -2.05. The summed E-state index contributed by atoms with van der Waals surface area (Å²) >= 11 is 1.68. The van der Waals surface area contributed by atoms with Gasteiger partial charge in [0, 0.05) is 53.2 Å². The van der Waals surface area contributed by atoms with Gasteiger partial charge in [0.2, 0.25) is 0 Å². The molecular formula is C51H32N4S. The number of fused-ring (bicyclic) bond motifs is 6. The topological polar surface area (TPSA) is 43.6 Å². The van der Waals surface area contributed by atoms with Crippen LogP contribution >= 0.6 is 11.3 Å². The number of hydrogen-bond acceptors (Lipinski definition) is 4. The molecule has 262 valence electrons. The van der Waals surface area contributed by atoms with Gasteiger partial charge in [0.05, 0.1) is 27.7 Å². The number of aromatic nitrogens is 4. The second kappa shape index (κ2) is 13.3. The average molecular weight is 741 g/mol. The van der Waals surface area contributed by atoms with Gasteiger partial charge < -0.3 is 4.57 Å². The van der Waals surface area contributed by atoms with E-state index in [9.17, 15) is 5.48 Å². The predicted octanol–water partition coefficient (Wildman–Crippen LogP) is 13.7. The van der Waals surface area contributed by atoms with Crippen molar-refractivity contribution in [3.63, 3.8) is 0 Å². The van der Waals surface area contributed by atoms with Gasteiger partial charge in [-0.2, -0.15) is 0 Å². The van der Waals surface area contributed by atoms with E-state index in [1.807, 2.05) is 121 Å². The number of benzene rings is 8. The maximum atomic E-state index is 9.45. The normalized spacial score (nSPS) is 13.6. The quantitative estimate of drug-likeness (QED) is 0.170. The molecule has 0 saturated heterocycles. The van der Waals surface area contributed by atoms with Crippen LogP contribution < -0.4 is 0 Å². The van der Waals surface area contributed by atoms with Crippen molar-refractivity contribution < 1.29 is 11.0 Å². The summed E-state index contributed by atoms with van der Waals surface area (Å²) < 4.78 is 76.4. The average Bonchev–Trinajstić information content (AvgIpc) is 3.90. The van der Waals surface area contributed by atoms with Crippen LogP contribution in [0, 0.1) is 0 Å². The summed E-state index contributed by atoms with van der Waals surface area (Å²) in [4.78, 5) is 15.4. The molecule has 0 atom stereocenters. The molecule has 0 radical (unpaired) electrons. The maximum absolute atomic E-state index is 9.45. The summed E-state index contributed by atoms with van der Waals surface area (Å²) in [5.74, 6) is 1.03. The van der Waals surface area contributed by atoms with E-state index in [1.54, 1.807) is 15.9 Å². The van der Waals surface area contributed by atoms with E-state index in [2.05, 4.69) is 24.3 Å². The molecule has 56 heavy (non-hydrogen) atoms. The van der Waals surface area contributed by atoms with Crippen molar-refractivity contribution in [1.82, 2.24) is 19.5 Å². The van der Waals surface area contributed by atoms with E-state index < -0.39 is 48.3 Å². The van der Waals surface area contributed by atoms with Crippen LogP contribution in [0.2, 0.25) is 0 Å². The fourth-order valence-corrected chi connectivity index (χ4v) is 8.77. The molecule has 0 spiro atoms. The Morgan fingerprint density at radius 2 is 0.946 bits per heavy atom. The van der Waals surface area contributed by atoms with Crippen molar-refractivity contribution in [2.24, 2.45) is 0 Å². The zero-order valence-corrected chi connectivity index (χ0v) is 30.4. The van der Waals surface area contributed by atoms with Gasteiger partial charge in [0.1, 0.15) is 0 Å². The lowest BCUT2D eigenvalue weighted by atomic mass is 9.92. The van der Waals surface area contributed by atoms with Gasteiger partial charge in [0.15, 0.2) is 17.5 Å². The van der Waals surface area contributed by atoms with Gasteiger partial charge in [0.25, 0.3) is 0 Å². The van der Waals surface area contributed by atoms with Crippen LogP contribution in [0.5, 0.6) is 0 Å². The highest BCUT2D eigenvalue weighted by molar-refractivity contribution is 7.25. The van der Waals surface area contributed by atoms with Crippen LogP contribution in [0.15, 0.2) is 194 Å². The minimum absolute atomic E-state index is 0.00771. The molecule has 3 heterocycles. The zero-order valence-electron chi connectivity index (χ0n) is 37.6. The first-order chi connectivity index (χ1) is 31.1. The van der Waals surface area contributed by atoms with Gasteiger partial charge in [-0.25, -0.2) is 15.0 Å². The molecule has 0 saturated carbocycles. The van der Waals surface area contributed by atoms with Crippen molar-refractivity contribution in [2.45, 2.75) is 0 Å². The number of para-hydroxylation sites is 3. The lowest BCUT2D eigenvalue weighted by molar-refractivity contribution is 1.07. The summed E-state index contributed by atoms with van der Waals surface area (Å²) in [7, 11) is 0. The summed E-state index contributed by atoms with van der Waals surface area (Å²) in [6.07, 6.45) is 0. The van der Waals surface area contributed by atoms with Crippen LogP contribution in [0.1, 0.15) is 11.0 Å². The molecule has 0 unspecified atom stereocenters. The molecule has 11 rings (SSSR count). The highest BCUT2D eigenvalue weighted by Gasteiger charge is 2.24. The van der Waals surface area contributed by atoms with Gasteiger partial charge in [-0.05, 0) is 47.0 Å². The van der Waals surface area contributed by atoms with E-state index >= 15 is 0 Å². The SMILES string of the molecule is [2H]c1c([2H])c([2H])c2c(c1[2H])c1c([2H])c([2H])c([2H])c([2H])c1n2-c1c(-c2nc(-c3ccccc3)nc(-c3ccc4c(c3)sc3ccccc34)n2)cccc1-c1ccccc1-c1ccccc1. The molecular weight excluding hydrogens is 701 g/mol. The third-order valence-corrected chi connectivity index (χ3v) is 11.3. The van der Waals surface area contributed by atoms with Crippen LogP contribution in [-0.4, -0.2) is 19.5 Å². The van der Waals surface area contributed by atoms with E-state index in [1.165, 1.54) is 0 Å². The fraction of sp³-hybridized carbons (Fsp3) is 0. The van der Waals surface area contributed by atoms with Crippen LogP contribution in [0.3, 0.4) is 0 Å².